The number of hydrogen-bond acceptors (Lipinski definition) is 7. The predicted octanol–water partition coefficient (Wildman–Crippen LogP) is 5.47. The van der Waals surface area contributed by atoms with E-state index in [2.05, 4.69) is 16.0 Å². The number of pyridine rings is 1. The number of thiazole rings is 1. The molecule has 9 nitrogen and oxygen atoms in total. The van der Waals surface area contributed by atoms with Crippen molar-refractivity contribution in [1.82, 2.24) is 14.5 Å². The van der Waals surface area contributed by atoms with Crippen molar-refractivity contribution in [2.45, 2.75) is 67.5 Å². The number of hydrogen-bond donors (Lipinski definition) is 0. The second-order valence-electron chi connectivity index (χ2n) is 12.0. The molecule has 0 aliphatic carbocycles. The number of benzene rings is 1. The average molecular weight is 604 g/mol. The molecule has 2 amide bonds. The summed E-state index contributed by atoms with van der Waals surface area (Å²) in [5.74, 6) is 0.359. The molecule has 0 N–H and O–H groups in total. The minimum Gasteiger partial charge on any atom is -0.461 e. The van der Waals surface area contributed by atoms with E-state index in [0.29, 0.717) is 30.6 Å². The molecule has 0 saturated heterocycles. The van der Waals surface area contributed by atoms with Crippen molar-refractivity contribution in [3.63, 3.8) is 0 Å². The van der Waals surface area contributed by atoms with Crippen LogP contribution in [0.25, 0.3) is 11.0 Å². The van der Waals surface area contributed by atoms with Crippen LogP contribution in [0.3, 0.4) is 0 Å². The van der Waals surface area contributed by atoms with Crippen molar-refractivity contribution in [1.29, 1.82) is 0 Å². The number of amides is 2. The van der Waals surface area contributed by atoms with Crippen molar-refractivity contribution in [3.8, 4) is 0 Å². The molecule has 0 bridgehead atoms. The molecule has 228 valence electrons. The number of furan rings is 1. The molecule has 5 rings (SSSR count). The zero-order chi connectivity index (χ0) is 31.1. The van der Waals surface area contributed by atoms with Crippen LogP contribution in [-0.4, -0.2) is 52.9 Å². The van der Waals surface area contributed by atoms with E-state index in [-0.39, 0.29) is 17.4 Å². The molecule has 0 saturated carbocycles. The maximum atomic E-state index is 13.2. The number of carbonyl (C=O) groups excluding carboxylic acids is 2. The lowest BCUT2D eigenvalue weighted by Gasteiger charge is -2.27. The van der Waals surface area contributed by atoms with E-state index in [9.17, 15) is 14.4 Å². The fourth-order valence-electron chi connectivity index (χ4n) is 5.95. The third-order valence-electron chi connectivity index (χ3n) is 8.49. The number of carbonyl (C=O) groups is 2. The normalized spacial score (nSPS) is 15.1. The number of aromatic nitrogens is 2. The highest BCUT2D eigenvalue weighted by molar-refractivity contribution is 7.09. The summed E-state index contributed by atoms with van der Waals surface area (Å²) in [6.45, 7) is 14.6. The number of fused-ring (bicyclic) bond motifs is 2. The Hall–Kier alpha value is -3.76. The van der Waals surface area contributed by atoms with E-state index in [4.69, 9.17) is 4.42 Å². The Morgan fingerprint density at radius 1 is 1.02 bits per heavy atom. The third kappa shape index (κ3) is 5.90. The smallest absolute Gasteiger partial charge is 0.261 e. The first-order chi connectivity index (χ1) is 20.4. The topological polar surface area (TPSA) is 91.9 Å². The van der Waals surface area contributed by atoms with Gasteiger partial charge in [-0.25, -0.2) is 4.98 Å². The molecule has 4 heterocycles. The maximum Gasteiger partial charge on any atom is 0.261 e. The first kappa shape index (κ1) is 30.7. The Labute approximate surface area is 256 Å². The van der Waals surface area contributed by atoms with E-state index in [1.807, 2.05) is 57.6 Å². The second-order valence-corrected chi connectivity index (χ2v) is 13.0. The molecular formula is C33H41N5O4S. The summed E-state index contributed by atoms with van der Waals surface area (Å²) < 4.78 is 7.54. The Morgan fingerprint density at radius 3 is 2.49 bits per heavy atom. The van der Waals surface area contributed by atoms with E-state index in [1.165, 1.54) is 4.88 Å². The Kier molecular flexibility index (Phi) is 8.63. The van der Waals surface area contributed by atoms with Crippen LogP contribution in [0.5, 0.6) is 0 Å². The number of aryl methyl sites for hydroxylation is 4. The summed E-state index contributed by atoms with van der Waals surface area (Å²) in [4.78, 5) is 51.0. The van der Waals surface area contributed by atoms with Crippen molar-refractivity contribution >= 4 is 45.5 Å². The van der Waals surface area contributed by atoms with Crippen molar-refractivity contribution in [3.05, 3.63) is 73.8 Å². The monoisotopic (exact) mass is 603 g/mol. The Balaban J connectivity index is 1.33. The number of anilines is 2. The average Bonchev–Trinajstić information content (AvgIpc) is 3.57. The summed E-state index contributed by atoms with van der Waals surface area (Å²) in [5, 5.41) is 0.626. The van der Waals surface area contributed by atoms with Crippen LogP contribution in [0, 0.1) is 26.2 Å². The first-order valence-electron chi connectivity index (χ1n) is 14.9. The number of nitrogens with zero attached hydrogens (tertiary/aromatic N) is 5. The molecule has 3 aromatic heterocycles. The van der Waals surface area contributed by atoms with Crippen LogP contribution in [-0.2, 0) is 29.1 Å². The lowest BCUT2D eigenvalue weighted by molar-refractivity contribution is -0.137. The van der Waals surface area contributed by atoms with Gasteiger partial charge in [-0.05, 0) is 84.7 Å². The van der Waals surface area contributed by atoms with Gasteiger partial charge in [0.1, 0.15) is 16.8 Å². The lowest BCUT2D eigenvalue weighted by Crippen LogP contribution is -2.47. The lowest BCUT2D eigenvalue weighted by atomic mass is 9.90. The molecular weight excluding hydrogens is 562 g/mol. The highest BCUT2D eigenvalue weighted by atomic mass is 32.1. The van der Waals surface area contributed by atoms with Gasteiger partial charge in [-0.3, -0.25) is 19.3 Å². The second kappa shape index (κ2) is 12.1. The molecule has 0 unspecified atom stereocenters. The highest BCUT2D eigenvalue weighted by Crippen LogP contribution is 2.39. The van der Waals surface area contributed by atoms with Gasteiger partial charge in [0.2, 0.25) is 11.8 Å². The Bertz CT molecular complexity index is 1730. The van der Waals surface area contributed by atoms with Gasteiger partial charge >= 0.3 is 0 Å². The van der Waals surface area contributed by atoms with Crippen molar-refractivity contribution in [2.75, 3.05) is 36.5 Å². The molecule has 0 atom stereocenters. The van der Waals surface area contributed by atoms with Gasteiger partial charge < -0.3 is 18.8 Å². The fourth-order valence-corrected chi connectivity index (χ4v) is 6.77. The van der Waals surface area contributed by atoms with Crippen LogP contribution in [0.4, 0.5) is 11.4 Å². The standard InChI is InChI=1S/C33H41N5O4S/c1-8-38-26-12-11-24(17-27(26)35(7)31(40)33(5,6)32(38)41)10-9-13-36(19-28-23(4)34-20-43-28)14-15-37-18-21(2)29-25(30(37)39)16-22(3)42-29/h11-12,16-18,20H,8-10,13-15,19H2,1-7H3. The maximum absolute atomic E-state index is 13.2. The molecule has 1 aliphatic heterocycles. The Morgan fingerprint density at radius 2 is 1.79 bits per heavy atom. The SMILES string of the molecule is CCN1C(=O)C(C)(C)C(=O)N(C)c2cc(CCCN(CCn3cc(C)c4oc(C)cc4c3=O)Cc3scnc3C)ccc21. The third-order valence-corrected chi connectivity index (χ3v) is 9.41. The molecule has 0 radical (unpaired) electrons. The predicted molar refractivity (Wildman–Crippen MR) is 172 cm³/mol. The quantitative estimate of drug-likeness (QED) is 0.224. The summed E-state index contributed by atoms with van der Waals surface area (Å²) in [5.41, 5.74) is 6.03. The summed E-state index contributed by atoms with van der Waals surface area (Å²) in [6, 6.07) is 7.90. The van der Waals surface area contributed by atoms with Crippen molar-refractivity contribution in [2.24, 2.45) is 5.41 Å². The molecule has 4 aromatic rings. The van der Waals surface area contributed by atoms with Crippen LogP contribution in [0.1, 0.15) is 54.7 Å². The van der Waals surface area contributed by atoms with Gasteiger partial charge in [0.25, 0.3) is 5.56 Å². The van der Waals surface area contributed by atoms with E-state index >= 15 is 0 Å². The van der Waals surface area contributed by atoms with Gasteiger partial charge in [0, 0.05) is 49.9 Å². The largest absolute Gasteiger partial charge is 0.461 e. The van der Waals surface area contributed by atoms with Crippen LogP contribution in [0.2, 0.25) is 0 Å². The van der Waals surface area contributed by atoms with Crippen LogP contribution in [0.15, 0.2) is 45.2 Å². The zero-order valence-corrected chi connectivity index (χ0v) is 27.0. The molecule has 1 aromatic carbocycles. The fraction of sp³-hybridized carbons (Fsp3) is 0.455. The van der Waals surface area contributed by atoms with Gasteiger partial charge in [-0.1, -0.05) is 6.07 Å². The molecule has 1 aliphatic rings. The summed E-state index contributed by atoms with van der Waals surface area (Å²) in [6.07, 6.45) is 3.60. The van der Waals surface area contributed by atoms with Gasteiger partial charge in [-0.2, -0.15) is 0 Å². The summed E-state index contributed by atoms with van der Waals surface area (Å²) >= 11 is 1.66. The van der Waals surface area contributed by atoms with Gasteiger partial charge in [0.05, 0.1) is 28.0 Å². The molecule has 43 heavy (non-hydrogen) atoms. The molecule has 0 fully saturated rings. The first-order valence-corrected chi connectivity index (χ1v) is 15.7. The molecule has 0 spiro atoms. The zero-order valence-electron chi connectivity index (χ0n) is 26.2. The minimum absolute atomic E-state index is 0.0298. The van der Waals surface area contributed by atoms with E-state index in [1.54, 1.807) is 46.6 Å². The van der Waals surface area contributed by atoms with Crippen LogP contribution >= 0.6 is 11.3 Å². The molecule has 10 heteroatoms. The number of rotatable bonds is 10. The van der Waals surface area contributed by atoms with Gasteiger partial charge in [-0.15, -0.1) is 11.3 Å². The highest BCUT2D eigenvalue weighted by Gasteiger charge is 2.45. The van der Waals surface area contributed by atoms with Gasteiger partial charge in [0.15, 0.2) is 0 Å². The van der Waals surface area contributed by atoms with E-state index in [0.717, 1.165) is 59.9 Å². The minimum atomic E-state index is -1.12. The van der Waals surface area contributed by atoms with Crippen LogP contribution < -0.4 is 15.4 Å². The summed E-state index contributed by atoms with van der Waals surface area (Å²) in [7, 11) is 1.75. The van der Waals surface area contributed by atoms with E-state index < -0.39 is 5.41 Å². The van der Waals surface area contributed by atoms with Crippen molar-refractivity contribution < 1.29 is 14.0 Å².